The molecule has 0 spiro atoms. The van der Waals surface area contributed by atoms with Crippen LogP contribution in [0.25, 0.3) is 0 Å². The molecule has 0 aliphatic carbocycles. The quantitative estimate of drug-likeness (QED) is 0.374. The van der Waals surface area contributed by atoms with Crippen LogP contribution in [0.3, 0.4) is 0 Å². The molecule has 0 aromatic carbocycles. The Balaban J connectivity index is 4.27. The van der Waals surface area contributed by atoms with Crippen LogP contribution in [-0.2, 0) is 4.79 Å². The van der Waals surface area contributed by atoms with E-state index in [0.29, 0.717) is 10.5 Å². The molecule has 2 heteroatoms. The van der Waals surface area contributed by atoms with Crippen LogP contribution in [0.2, 0.25) is 0 Å². The minimum atomic E-state index is -0.0478. The molecule has 0 aromatic heterocycles. The molecule has 0 aliphatic rings. The van der Waals surface area contributed by atoms with E-state index in [9.17, 15) is 4.79 Å². The Morgan fingerprint density at radius 3 is 2.40 bits per heavy atom. The summed E-state index contributed by atoms with van der Waals surface area (Å²) in [6, 6.07) is 0. The first kappa shape index (κ1) is 9.24. The molecule has 54 valence electrons. The van der Waals surface area contributed by atoms with Crippen molar-refractivity contribution in [3.05, 3.63) is 35.8 Å². The third-order valence-corrected chi connectivity index (χ3v) is 1.30. The number of allylic oxidation sites excluding steroid dienone is 3. The Bertz CT molecular complexity index is 201. The fourth-order valence-corrected chi connectivity index (χ4v) is 0.495. The van der Waals surface area contributed by atoms with Gasteiger partial charge in [-0.15, -0.1) is 12.6 Å². The number of rotatable bonds is 3. The Morgan fingerprint density at radius 1 is 1.60 bits per heavy atom. The van der Waals surface area contributed by atoms with E-state index in [4.69, 9.17) is 0 Å². The highest BCUT2D eigenvalue weighted by atomic mass is 32.1. The van der Waals surface area contributed by atoms with E-state index in [2.05, 4.69) is 25.8 Å². The monoisotopic (exact) mass is 154 g/mol. The highest BCUT2D eigenvalue weighted by Gasteiger charge is 1.94. The van der Waals surface area contributed by atoms with Gasteiger partial charge in [-0.2, -0.15) is 0 Å². The zero-order valence-electron chi connectivity index (χ0n) is 5.92. The molecule has 0 rings (SSSR count). The number of hydrogen-bond acceptors (Lipinski definition) is 2. The topological polar surface area (TPSA) is 17.1 Å². The summed E-state index contributed by atoms with van der Waals surface area (Å²) in [4.78, 5) is 11.2. The van der Waals surface area contributed by atoms with Gasteiger partial charge in [0.1, 0.15) is 0 Å². The third kappa shape index (κ3) is 3.30. The second-order valence-electron chi connectivity index (χ2n) is 1.85. The summed E-state index contributed by atoms with van der Waals surface area (Å²) >= 11 is 3.99. The fourth-order valence-electron chi connectivity index (χ4n) is 0.339. The molecule has 10 heavy (non-hydrogen) atoms. The number of carbonyl (C=O) groups is 1. The highest BCUT2D eigenvalue weighted by molar-refractivity contribution is 7.84. The van der Waals surface area contributed by atoms with E-state index in [1.807, 2.05) is 0 Å². The lowest BCUT2D eigenvalue weighted by atomic mass is 10.2. The average molecular weight is 154 g/mol. The van der Waals surface area contributed by atoms with Crippen molar-refractivity contribution in [1.29, 1.82) is 0 Å². The van der Waals surface area contributed by atoms with Gasteiger partial charge in [-0.25, -0.2) is 0 Å². The van der Waals surface area contributed by atoms with E-state index < -0.39 is 0 Å². The molecule has 0 aromatic rings. The van der Waals surface area contributed by atoms with Crippen molar-refractivity contribution in [2.24, 2.45) is 0 Å². The van der Waals surface area contributed by atoms with Gasteiger partial charge in [-0.05, 0) is 13.0 Å². The highest BCUT2D eigenvalue weighted by Crippen LogP contribution is 2.05. The second kappa shape index (κ2) is 4.12. The van der Waals surface area contributed by atoms with Crippen molar-refractivity contribution in [3.63, 3.8) is 0 Å². The summed E-state index contributed by atoms with van der Waals surface area (Å²) in [6.45, 7) is 8.46. The van der Waals surface area contributed by atoms with Crippen molar-refractivity contribution in [3.8, 4) is 0 Å². The second-order valence-corrected chi connectivity index (χ2v) is 2.37. The molecule has 0 radical (unpaired) electrons. The first-order valence-electron chi connectivity index (χ1n) is 2.81. The minimum Gasteiger partial charge on any atom is -0.295 e. The zero-order chi connectivity index (χ0) is 8.15. The van der Waals surface area contributed by atoms with E-state index in [0.717, 1.165) is 0 Å². The standard InChI is InChI=1S/C8H10OS/c1-4-8(10)5-6(2)7(3)9/h4-5,10H,1-2H2,3H3/b8-5+. The summed E-state index contributed by atoms with van der Waals surface area (Å²) in [6.07, 6.45) is 3.13. The van der Waals surface area contributed by atoms with Gasteiger partial charge in [0.2, 0.25) is 0 Å². The average Bonchev–Trinajstić information content (AvgIpc) is 1.87. The smallest absolute Gasteiger partial charge is 0.159 e. The van der Waals surface area contributed by atoms with Crippen molar-refractivity contribution in [2.45, 2.75) is 6.92 Å². The van der Waals surface area contributed by atoms with E-state index in [-0.39, 0.29) is 5.78 Å². The molecular formula is C8H10OS. The van der Waals surface area contributed by atoms with Crippen LogP contribution in [0.1, 0.15) is 6.92 Å². The normalized spacial score (nSPS) is 10.8. The Labute approximate surface area is 66.5 Å². The maximum atomic E-state index is 10.6. The van der Waals surface area contributed by atoms with E-state index in [1.54, 1.807) is 12.2 Å². The summed E-state index contributed by atoms with van der Waals surface area (Å²) in [7, 11) is 0. The molecule has 0 saturated carbocycles. The van der Waals surface area contributed by atoms with Crippen LogP contribution in [0.15, 0.2) is 35.8 Å². The molecule has 0 aliphatic heterocycles. The van der Waals surface area contributed by atoms with Gasteiger partial charge >= 0.3 is 0 Å². The first-order valence-corrected chi connectivity index (χ1v) is 3.25. The molecule has 0 saturated heterocycles. The third-order valence-electron chi connectivity index (χ3n) is 0.983. The van der Waals surface area contributed by atoms with Crippen molar-refractivity contribution < 1.29 is 4.79 Å². The van der Waals surface area contributed by atoms with Crippen LogP contribution in [0.5, 0.6) is 0 Å². The predicted octanol–water partition coefficient (Wildman–Crippen LogP) is 2.13. The van der Waals surface area contributed by atoms with Crippen molar-refractivity contribution in [2.75, 3.05) is 0 Å². The van der Waals surface area contributed by atoms with Crippen molar-refractivity contribution >= 4 is 18.4 Å². The Morgan fingerprint density at radius 2 is 2.10 bits per heavy atom. The molecule has 0 unspecified atom stereocenters. The summed E-state index contributed by atoms with van der Waals surface area (Å²) in [5, 5.41) is 0. The molecule has 0 N–H and O–H groups in total. The number of carbonyl (C=O) groups excluding carboxylic acids is 1. The van der Waals surface area contributed by atoms with Gasteiger partial charge in [0.05, 0.1) is 0 Å². The number of ketones is 1. The van der Waals surface area contributed by atoms with E-state index >= 15 is 0 Å². The van der Waals surface area contributed by atoms with Gasteiger partial charge in [0, 0.05) is 10.5 Å². The summed E-state index contributed by atoms with van der Waals surface area (Å²) in [5.74, 6) is -0.0478. The fraction of sp³-hybridized carbons (Fsp3) is 0.125. The van der Waals surface area contributed by atoms with Gasteiger partial charge in [0.15, 0.2) is 5.78 Å². The lowest BCUT2D eigenvalue weighted by Crippen LogP contribution is -1.90. The first-order chi connectivity index (χ1) is 4.57. The lowest BCUT2D eigenvalue weighted by Gasteiger charge is -1.91. The van der Waals surface area contributed by atoms with Crippen LogP contribution in [0, 0.1) is 0 Å². The predicted molar refractivity (Wildman–Crippen MR) is 47.1 cm³/mol. The molecule has 0 bridgehead atoms. The molecular weight excluding hydrogens is 144 g/mol. The van der Waals surface area contributed by atoms with Gasteiger partial charge in [-0.3, -0.25) is 4.79 Å². The number of thiol groups is 1. The Kier molecular flexibility index (Phi) is 3.81. The van der Waals surface area contributed by atoms with Crippen LogP contribution < -0.4 is 0 Å². The maximum Gasteiger partial charge on any atom is 0.159 e. The van der Waals surface area contributed by atoms with Gasteiger partial charge < -0.3 is 0 Å². The molecule has 0 atom stereocenters. The molecule has 0 heterocycles. The number of Topliss-reactive ketones (excluding diaryl/α,β-unsaturated/α-hetero) is 1. The largest absolute Gasteiger partial charge is 0.295 e. The maximum absolute atomic E-state index is 10.6. The SMILES string of the molecule is C=C/C(S)=C\C(=C)C(C)=O. The van der Waals surface area contributed by atoms with Gasteiger partial charge in [0.25, 0.3) is 0 Å². The molecule has 1 nitrogen and oxygen atoms in total. The van der Waals surface area contributed by atoms with Crippen molar-refractivity contribution in [1.82, 2.24) is 0 Å². The Hall–Kier alpha value is -0.760. The van der Waals surface area contributed by atoms with E-state index in [1.165, 1.54) is 6.92 Å². The minimum absolute atomic E-state index is 0.0478. The van der Waals surface area contributed by atoms with Crippen LogP contribution in [0.4, 0.5) is 0 Å². The summed E-state index contributed by atoms with van der Waals surface area (Å²) < 4.78 is 0. The van der Waals surface area contributed by atoms with Crippen LogP contribution >= 0.6 is 12.6 Å². The molecule has 0 amide bonds. The van der Waals surface area contributed by atoms with Gasteiger partial charge in [-0.1, -0.05) is 19.2 Å². The number of hydrogen-bond donors (Lipinski definition) is 1. The summed E-state index contributed by atoms with van der Waals surface area (Å²) in [5.41, 5.74) is 0.449. The molecule has 0 fully saturated rings. The zero-order valence-corrected chi connectivity index (χ0v) is 6.82. The van der Waals surface area contributed by atoms with Crippen LogP contribution in [-0.4, -0.2) is 5.78 Å². The lowest BCUT2D eigenvalue weighted by molar-refractivity contribution is -0.113.